The fraction of sp³-hybridized carbons (Fsp3) is 0.481. The first kappa shape index (κ1) is 25.6. The van der Waals surface area contributed by atoms with E-state index in [2.05, 4.69) is 56.9 Å². The van der Waals surface area contributed by atoms with Gasteiger partial charge >= 0.3 is 6.03 Å². The molecular weight excluding hydrogens is 426 g/mol. The molecule has 1 heterocycles. The van der Waals surface area contributed by atoms with Crippen LogP contribution in [0, 0.1) is 12.8 Å². The second kappa shape index (κ2) is 13.0. The SMILES string of the molecule is Cc1cccc(N2CCN(CCCCNC(=O)C(NC(=O)Nc3ccccc3)C(C)C)CC2)c1. The van der Waals surface area contributed by atoms with Gasteiger partial charge in [0.25, 0.3) is 0 Å². The zero-order chi connectivity index (χ0) is 24.3. The lowest BCUT2D eigenvalue weighted by Gasteiger charge is -2.36. The van der Waals surface area contributed by atoms with E-state index >= 15 is 0 Å². The molecule has 3 rings (SSSR count). The second-order valence-corrected chi connectivity index (χ2v) is 9.35. The van der Waals surface area contributed by atoms with Crippen molar-refractivity contribution in [2.75, 3.05) is 49.5 Å². The highest BCUT2D eigenvalue weighted by atomic mass is 16.2. The van der Waals surface area contributed by atoms with Gasteiger partial charge in [-0.1, -0.05) is 44.2 Å². The number of rotatable bonds is 10. The van der Waals surface area contributed by atoms with Crippen LogP contribution in [0.2, 0.25) is 0 Å². The molecule has 3 N–H and O–H groups in total. The summed E-state index contributed by atoms with van der Waals surface area (Å²) in [6.07, 6.45) is 1.96. The van der Waals surface area contributed by atoms with Crippen LogP contribution in [0.1, 0.15) is 32.3 Å². The Labute approximate surface area is 203 Å². The fourth-order valence-corrected chi connectivity index (χ4v) is 4.20. The first-order chi connectivity index (χ1) is 16.4. The minimum atomic E-state index is -0.571. The molecule has 1 unspecified atom stereocenters. The molecule has 1 aliphatic rings. The first-order valence-electron chi connectivity index (χ1n) is 12.4. The molecule has 184 valence electrons. The van der Waals surface area contributed by atoms with Crippen molar-refractivity contribution in [3.63, 3.8) is 0 Å². The van der Waals surface area contributed by atoms with Crippen LogP contribution in [0.5, 0.6) is 0 Å². The van der Waals surface area contributed by atoms with Gasteiger partial charge in [-0.2, -0.15) is 0 Å². The van der Waals surface area contributed by atoms with Crippen LogP contribution in [0.15, 0.2) is 54.6 Å². The van der Waals surface area contributed by atoms with E-state index in [1.165, 1.54) is 11.3 Å². The van der Waals surface area contributed by atoms with Gasteiger partial charge in [-0.05, 0) is 62.1 Å². The van der Waals surface area contributed by atoms with Crippen LogP contribution in [0.3, 0.4) is 0 Å². The number of hydrogen-bond acceptors (Lipinski definition) is 4. The lowest BCUT2D eigenvalue weighted by molar-refractivity contribution is -0.123. The topological polar surface area (TPSA) is 76.7 Å². The predicted octanol–water partition coefficient (Wildman–Crippen LogP) is 3.86. The Hall–Kier alpha value is -3.06. The minimum Gasteiger partial charge on any atom is -0.369 e. The Morgan fingerprint density at radius 2 is 1.68 bits per heavy atom. The average Bonchev–Trinajstić information content (AvgIpc) is 2.83. The standard InChI is InChI=1S/C27H39N5O2/c1-21(2)25(30-27(34)29-23-11-5-4-6-12-23)26(33)28-14-7-8-15-31-16-18-32(19-17-31)24-13-9-10-22(3)20-24/h4-6,9-13,20-21,25H,7-8,14-19H2,1-3H3,(H,28,33)(H2,29,30,34). The summed E-state index contributed by atoms with van der Waals surface area (Å²) in [7, 11) is 0. The smallest absolute Gasteiger partial charge is 0.319 e. The molecule has 0 spiro atoms. The van der Waals surface area contributed by atoms with Gasteiger partial charge in [0, 0.05) is 44.1 Å². The summed E-state index contributed by atoms with van der Waals surface area (Å²) in [6, 6.07) is 17.0. The van der Waals surface area contributed by atoms with Gasteiger partial charge in [-0.25, -0.2) is 4.79 Å². The van der Waals surface area contributed by atoms with Crippen molar-refractivity contribution in [1.29, 1.82) is 0 Å². The molecule has 1 fully saturated rings. The van der Waals surface area contributed by atoms with Gasteiger partial charge in [-0.3, -0.25) is 9.69 Å². The van der Waals surface area contributed by atoms with E-state index in [1.54, 1.807) is 0 Å². The van der Waals surface area contributed by atoms with Gasteiger partial charge in [0.15, 0.2) is 0 Å². The van der Waals surface area contributed by atoms with Gasteiger partial charge in [0.2, 0.25) is 5.91 Å². The van der Waals surface area contributed by atoms with E-state index in [4.69, 9.17) is 0 Å². The van der Waals surface area contributed by atoms with E-state index < -0.39 is 6.04 Å². The van der Waals surface area contributed by atoms with Crippen LogP contribution >= 0.6 is 0 Å². The van der Waals surface area contributed by atoms with E-state index in [9.17, 15) is 9.59 Å². The quantitative estimate of drug-likeness (QED) is 0.466. The summed E-state index contributed by atoms with van der Waals surface area (Å²) in [5.41, 5.74) is 3.31. The number of carbonyl (C=O) groups is 2. The first-order valence-corrected chi connectivity index (χ1v) is 12.4. The maximum absolute atomic E-state index is 12.7. The molecule has 0 saturated carbocycles. The van der Waals surface area contributed by atoms with Crippen LogP contribution in [-0.4, -0.2) is 62.1 Å². The fourth-order valence-electron chi connectivity index (χ4n) is 4.20. The van der Waals surface area contributed by atoms with E-state index in [1.807, 2.05) is 44.2 Å². The molecule has 2 aromatic rings. The summed E-state index contributed by atoms with van der Waals surface area (Å²) < 4.78 is 0. The van der Waals surface area contributed by atoms with Crippen LogP contribution < -0.4 is 20.9 Å². The van der Waals surface area contributed by atoms with Crippen molar-refractivity contribution < 1.29 is 9.59 Å². The van der Waals surface area contributed by atoms with Crippen molar-refractivity contribution in [2.45, 2.75) is 39.7 Å². The molecule has 1 atom stereocenters. The monoisotopic (exact) mass is 465 g/mol. The Morgan fingerprint density at radius 3 is 2.35 bits per heavy atom. The van der Waals surface area contributed by atoms with Crippen molar-refractivity contribution >= 4 is 23.3 Å². The molecule has 3 amide bonds. The zero-order valence-electron chi connectivity index (χ0n) is 20.7. The number of carbonyl (C=O) groups excluding carboxylic acids is 2. The second-order valence-electron chi connectivity index (χ2n) is 9.35. The summed E-state index contributed by atoms with van der Waals surface area (Å²) in [5.74, 6) is -0.142. The molecule has 1 saturated heterocycles. The van der Waals surface area contributed by atoms with Crippen molar-refractivity contribution in [3.8, 4) is 0 Å². The molecule has 7 heteroatoms. The van der Waals surface area contributed by atoms with Crippen LogP contribution in [-0.2, 0) is 4.79 Å². The number of nitrogens with one attached hydrogen (secondary N) is 3. The normalized spacial score (nSPS) is 15.1. The Bertz CT molecular complexity index is 910. The Morgan fingerprint density at radius 1 is 0.941 bits per heavy atom. The molecule has 34 heavy (non-hydrogen) atoms. The summed E-state index contributed by atoms with van der Waals surface area (Å²) in [6.45, 7) is 11.9. The number of urea groups is 1. The zero-order valence-corrected chi connectivity index (χ0v) is 20.7. The van der Waals surface area contributed by atoms with Crippen molar-refractivity contribution in [2.24, 2.45) is 5.92 Å². The summed E-state index contributed by atoms with van der Waals surface area (Å²) in [5, 5.41) is 8.57. The largest absolute Gasteiger partial charge is 0.369 e. The number of anilines is 2. The highest BCUT2D eigenvalue weighted by Crippen LogP contribution is 2.18. The molecule has 0 bridgehead atoms. The van der Waals surface area contributed by atoms with Crippen molar-refractivity contribution in [3.05, 3.63) is 60.2 Å². The number of amides is 3. The maximum atomic E-state index is 12.7. The summed E-state index contributed by atoms with van der Waals surface area (Å²) >= 11 is 0. The molecule has 0 aliphatic carbocycles. The number of unbranched alkanes of at least 4 members (excludes halogenated alkanes) is 1. The number of nitrogens with zero attached hydrogens (tertiary/aromatic N) is 2. The van der Waals surface area contributed by atoms with Gasteiger partial charge in [0.05, 0.1) is 0 Å². The molecule has 2 aromatic carbocycles. The highest BCUT2D eigenvalue weighted by Gasteiger charge is 2.24. The van der Waals surface area contributed by atoms with Crippen LogP contribution in [0.4, 0.5) is 16.2 Å². The average molecular weight is 466 g/mol. The van der Waals surface area contributed by atoms with E-state index in [0.29, 0.717) is 12.2 Å². The molecule has 0 radical (unpaired) electrons. The van der Waals surface area contributed by atoms with E-state index in [-0.39, 0.29) is 17.9 Å². The number of aryl methyl sites for hydroxylation is 1. The Balaban J connectivity index is 1.32. The van der Waals surface area contributed by atoms with Gasteiger partial charge in [0.1, 0.15) is 6.04 Å². The lowest BCUT2D eigenvalue weighted by Crippen LogP contribution is -2.51. The lowest BCUT2D eigenvalue weighted by atomic mass is 10.0. The third kappa shape index (κ3) is 8.06. The van der Waals surface area contributed by atoms with Gasteiger partial charge in [-0.15, -0.1) is 0 Å². The maximum Gasteiger partial charge on any atom is 0.319 e. The van der Waals surface area contributed by atoms with Gasteiger partial charge < -0.3 is 20.9 Å². The molecule has 1 aliphatic heterocycles. The summed E-state index contributed by atoms with van der Waals surface area (Å²) in [4.78, 5) is 29.9. The highest BCUT2D eigenvalue weighted by molar-refractivity contribution is 5.93. The van der Waals surface area contributed by atoms with Crippen LogP contribution in [0.25, 0.3) is 0 Å². The number of benzene rings is 2. The van der Waals surface area contributed by atoms with E-state index in [0.717, 1.165) is 45.6 Å². The third-order valence-corrected chi connectivity index (χ3v) is 6.21. The molecule has 0 aromatic heterocycles. The number of para-hydroxylation sites is 1. The minimum absolute atomic E-state index is 0.00813. The molecule has 7 nitrogen and oxygen atoms in total. The number of hydrogen-bond donors (Lipinski definition) is 3. The predicted molar refractivity (Wildman–Crippen MR) is 139 cm³/mol. The number of piperazine rings is 1. The molecular formula is C27H39N5O2. The van der Waals surface area contributed by atoms with Crippen molar-refractivity contribution in [1.82, 2.24) is 15.5 Å². The Kier molecular flexibility index (Phi) is 9.76. The third-order valence-electron chi connectivity index (χ3n) is 6.21.